The second-order valence-electron chi connectivity index (χ2n) is 16.0. The van der Waals surface area contributed by atoms with E-state index in [1.165, 1.54) is 50.2 Å². The summed E-state index contributed by atoms with van der Waals surface area (Å²) in [4.78, 5) is 87.7. The second-order valence-corrected chi connectivity index (χ2v) is 18.7. The summed E-state index contributed by atoms with van der Waals surface area (Å²) in [6.45, 7) is 3.36. The number of hydrogen-bond donors (Lipinski definition) is 4. The molecule has 6 rings (SSSR count). The smallest absolute Gasteiger partial charge is 0.366 e. The van der Waals surface area contributed by atoms with E-state index in [9.17, 15) is 63.5 Å². The number of halogens is 6. The average molecular weight is 1040 g/mol. The molecule has 25 heteroatoms. The molecule has 6 aromatic rings. The summed E-state index contributed by atoms with van der Waals surface area (Å²) in [5.41, 5.74) is 4.71. The zero-order valence-corrected chi connectivity index (χ0v) is 39.9. The SMILES string of the molecule is Cc1c(S(=O)c2ccc(C(N)=O)cn2)cc(C(=O)NCCCN(C)CCCNC(=O)c2cc(S(=O)c3ccc(C(N)=O)cn3)c(C)n(-c3cccc(C(F)(F)F)c3)c2=O)c(=O)n1-c1cccc(C(F)(F)F)c1. The van der Waals surface area contributed by atoms with Crippen LogP contribution in [0.5, 0.6) is 0 Å². The number of pyridine rings is 4. The highest BCUT2D eigenvalue weighted by molar-refractivity contribution is 7.85. The molecule has 0 spiro atoms. The Morgan fingerprint density at radius 2 is 0.986 bits per heavy atom. The van der Waals surface area contributed by atoms with Crippen LogP contribution in [0.1, 0.15) is 76.8 Å². The highest BCUT2D eigenvalue weighted by Crippen LogP contribution is 2.32. The largest absolute Gasteiger partial charge is 0.416 e. The van der Waals surface area contributed by atoms with Gasteiger partial charge in [-0.05, 0) is 120 Å². The first-order valence-corrected chi connectivity index (χ1v) is 23.7. The van der Waals surface area contributed by atoms with E-state index in [1.807, 2.05) is 4.90 Å². The van der Waals surface area contributed by atoms with Gasteiger partial charge in [-0.3, -0.25) is 37.9 Å². The predicted octanol–water partition coefficient (Wildman–Crippen LogP) is 4.84. The van der Waals surface area contributed by atoms with Crippen molar-refractivity contribution in [1.82, 2.24) is 34.6 Å². The van der Waals surface area contributed by atoms with Crippen LogP contribution in [0, 0.1) is 13.8 Å². The Bertz CT molecular complexity index is 3040. The molecule has 17 nitrogen and oxygen atoms in total. The molecule has 2 unspecified atom stereocenters. The summed E-state index contributed by atoms with van der Waals surface area (Å²) in [6, 6.07) is 14.7. The van der Waals surface area contributed by atoms with Crippen LogP contribution in [0.3, 0.4) is 0 Å². The maximum Gasteiger partial charge on any atom is 0.416 e. The van der Waals surface area contributed by atoms with E-state index in [0.717, 1.165) is 57.9 Å². The lowest BCUT2D eigenvalue weighted by Gasteiger charge is -2.19. The number of nitrogens with one attached hydrogen (secondary N) is 2. The number of carbonyl (C=O) groups excluding carboxylic acids is 4. The van der Waals surface area contributed by atoms with Crippen molar-refractivity contribution >= 4 is 45.2 Å². The molecule has 0 aliphatic carbocycles. The lowest BCUT2D eigenvalue weighted by Crippen LogP contribution is -2.36. The molecule has 4 aromatic heterocycles. The number of rotatable bonds is 18. The quantitative estimate of drug-likeness (QED) is 0.0670. The Balaban J connectivity index is 1.13. The minimum Gasteiger partial charge on any atom is -0.366 e. The summed E-state index contributed by atoms with van der Waals surface area (Å²) >= 11 is 0. The zero-order valence-electron chi connectivity index (χ0n) is 38.2. The maximum absolute atomic E-state index is 13.9. The molecular weight excluding hydrogens is 997 g/mol. The van der Waals surface area contributed by atoms with E-state index in [0.29, 0.717) is 38.1 Å². The molecule has 4 amide bonds. The van der Waals surface area contributed by atoms with Crippen molar-refractivity contribution in [3.8, 4) is 11.4 Å². The first kappa shape index (κ1) is 53.7. The van der Waals surface area contributed by atoms with Gasteiger partial charge in [0.1, 0.15) is 42.8 Å². The van der Waals surface area contributed by atoms with Crippen molar-refractivity contribution in [1.29, 1.82) is 0 Å². The molecule has 2 atom stereocenters. The molecule has 0 saturated carbocycles. The van der Waals surface area contributed by atoms with Gasteiger partial charge in [-0.1, -0.05) is 12.1 Å². The molecule has 2 aromatic carbocycles. The summed E-state index contributed by atoms with van der Waals surface area (Å²) in [5, 5.41) is 5.00. The maximum atomic E-state index is 13.9. The lowest BCUT2D eigenvalue weighted by molar-refractivity contribution is -0.138. The Labute approximate surface area is 410 Å². The van der Waals surface area contributed by atoms with Crippen molar-refractivity contribution in [2.45, 2.75) is 58.9 Å². The van der Waals surface area contributed by atoms with Gasteiger partial charge in [0.2, 0.25) is 11.8 Å². The van der Waals surface area contributed by atoms with E-state index in [4.69, 9.17) is 11.5 Å². The molecule has 0 aliphatic rings. The number of hydrogen-bond acceptors (Lipinski definition) is 11. The van der Waals surface area contributed by atoms with Gasteiger partial charge in [0.05, 0.1) is 32.0 Å². The van der Waals surface area contributed by atoms with Crippen LogP contribution in [-0.2, 0) is 34.0 Å². The predicted molar refractivity (Wildman–Crippen MR) is 250 cm³/mol. The molecule has 72 heavy (non-hydrogen) atoms. The van der Waals surface area contributed by atoms with Crippen LogP contribution in [0.4, 0.5) is 26.3 Å². The molecule has 6 N–H and O–H groups in total. The van der Waals surface area contributed by atoms with E-state index in [-0.39, 0.29) is 66.8 Å². The number of nitrogens with two attached hydrogens (primary N) is 2. The topological polar surface area (TPSA) is 252 Å². The molecule has 0 bridgehead atoms. The summed E-state index contributed by atoms with van der Waals surface area (Å²) in [6.07, 6.45) is -6.82. The van der Waals surface area contributed by atoms with Crippen LogP contribution in [-0.4, -0.2) is 89.3 Å². The van der Waals surface area contributed by atoms with Crippen molar-refractivity contribution in [3.63, 3.8) is 0 Å². The monoisotopic (exact) mass is 1040 g/mol. The molecule has 0 aliphatic heterocycles. The van der Waals surface area contributed by atoms with Crippen molar-refractivity contribution < 1.29 is 53.9 Å². The Morgan fingerprint density at radius 3 is 1.31 bits per heavy atom. The minimum atomic E-state index is -4.78. The molecule has 0 radical (unpaired) electrons. The highest BCUT2D eigenvalue weighted by atomic mass is 32.2. The van der Waals surface area contributed by atoms with Gasteiger partial charge in [0.15, 0.2) is 0 Å². The van der Waals surface area contributed by atoms with Crippen LogP contribution < -0.4 is 33.2 Å². The van der Waals surface area contributed by atoms with E-state index < -0.39 is 91.0 Å². The van der Waals surface area contributed by atoms with Crippen LogP contribution in [0.15, 0.2) is 127 Å². The van der Waals surface area contributed by atoms with E-state index in [1.54, 1.807) is 7.05 Å². The van der Waals surface area contributed by atoms with Gasteiger partial charge in [0.25, 0.3) is 22.9 Å². The zero-order chi connectivity index (χ0) is 52.8. The van der Waals surface area contributed by atoms with Gasteiger partial charge in [-0.25, -0.2) is 18.4 Å². The molecular formula is C47H43F6N9O8S2. The normalized spacial score (nSPS) is 12.6. The van der Waals surface area contributed by atoms with Gasteiger partial charge >= 0.3 is 12.4 Å². The number of carbonyl (C=O) groups is 4. The van der Waals surface area contributed by atoms with E-state index >= 15 is 0 Å². The first-order valence-electron chi connectivity index (χ1n) is 21.4. The van der Waals surface area contributed by atoms with Gasteiger partial charge in [-0.15, -0.1) is 0 Å². The molecule has 378 valence electrons. The van der Waals surface area contributed by atoms with Gasteiger partial charge in [-0.2, -0.15) is 26.3 Å². The molecule has 4 heterocycles. The first-order chi connectivity index (χ1) is 33.9. The van der Waals surface area contributed by atoms with Gasteiger partial charge in [0, 0.05) is 48.2 Å². The minimum absolute atomic E-state index is 0.00365. The number of nitrogens with zero attached hydrogens (tertiary/aromatic N) is 5. The van der Waals surface area contributed by atoms with Crippen LogP contribution in [0.25, 0.3) is 11.4 Å². The van der Waals surface area contributed by atoms with Crippen LogP contribution in [0.2, 0.25) is 0 Å². The molecule has 0 fully saturated rings. The number of benzene rings is 2. The molecule has 0 saturated heterocycles. The summed E-state index contributed by atoms with van der Waals surface area (Å²) in [5.74, 6) is -3.46. The number of amides is 4. The summed E-state index contributed by atoms with van der Waals surface area (Å²) < 4.78 is 112. The number of alkyl halides is 6. The Hall–Kier alpha value is -7.64. The van der Waals surface area contributed by atoms with E-state index in [2.05, 4.69) is 20.6 Å². The van der Waals surface area contributed by atoms with Crippen molar-refractivity contribution in [2.75, 3.05) is 33.2 Å². The Kier molecular flexibility index (Phi) is 16.6. The second kappa shape index (κ2) is 22.2. The lowest BCUT2D eigenvalue weighted by atomic mass is 10.1. The van der Waals surface area contributed by atoms with Gasteiger partial charge < -0.3 is 27.0 Å². The number of aromatic nitrogens is 4. The third-order valence-corrected chi connectivity index (χ3v) is 13.8. The van der Waals surface area contributed by atoms with Crippen molar-refractivity contribution in [3.05, 3.63) is 163 Å². The third-order valence-electron chi connectivity index (χ3n) is 11.0. The fourth-order valence-corrected chi connectivity index (χ4v) is 9.53. The standard InChI is InChI=1S/C47H43F6N9O8S2/c1-26-36(71(69)38-14-12-28(24-58-38)40(54)63)22-34(44(67)61(26)32-10-4-8-30(20-32)46(48,49)50)42(65)56-16-6-18-60(3)19-7-17-57-43(66)35-23-37(72(70)39-15-13-29(25-59-39)41(55)64)27(2)62(45(35)68)33-11-5-9-31(21-33)47(51,52)53/h4-5,8-15,20-25H,6-7,16-19H2,1-3H3,(H2,54,63)(H2,55,64)(H,56,65)(H,57,66). The number of primary amides is 2. The van der Waals surface area contributed by atoms with Crippen LogP contribution >= 0.6 is 0 Å². The fraction of sp³-hybridized carbons (Fsp3) is 0.234. The van der Waals surface area contributed by atoms with Crippen molar-refractivity contribution in [2.24, 2.45) is 11.5 Å². The Morgan fingerprint density at radius 1 is 0.611 bits per heavy atom. The highest BCUT2D eigenvalue weighted by Gasteiger charge is 2.33. The average Bonchev–Trinajstić information content (AvgIpc) is 3.33. The third kappa shape index (κ3) is 12.3. The fourth-order valence-electron chi connectivity index (χ4n) is 7.23. The summed E-state index contributed by atoms with van der Waals surface area (Å²) in [7, 11) is -2.71.